The van der Waals surface area contributed by atoms with Gasteiger partial charge < -0.3 is 4.74 Å². The lowest BCUT2D eigenvalue weighted by molar-refractivity contribution is -0.0441. The summed E-state index contributed by atoms with van der Waals surface area (Å²) in [5.74, 6) is 0. The summed E-state index contributed by atoms with van der Waals surface area (Å²) in [5.41, 5.74) is 4.03. The molecule has 0 heterocycles. The molecule has 1 aliphatic rings. The molecule has 0 bridgehead atoms. The van der Waals surface area contributed by atoms with E-state index in [4.69, 9.17) is 4.74 Å². The Morgan fingerprint density at radius 1 is 1.18 bits per heavy atom. The van der Waals surface area contributed by atoms with Crippen LogP contribution in [0.4, 0.5) is 0 Å². The fraction of sp³-hybridized carbons (Fsp3) is 0.438. The lowest BCUT2D eigenvalue weighted by Crippen LogP contribution is -2.32. The van der Waals surface area contributed by atoms with E-state index in [2.05, 4.69) is 36.6 Å². The Hall–Kier alpha value is -1.30. The molecule has 0 radical (unpaired) electrons. The van der Waals surface area contributed by atoms with Gasteiger partial charge in [0.1, 0.15) is 0 Å². The van der Waals surface area contributed by atoms with Crippen molar-refractivity contribution in [1.29, 1.82) is 0 Å². The van der Waals surface area contributed by atoms with Crippen LogP contribution in [0, 0.1) is 0 Å². The van der Waals surface area contributed by atoms with Gasteiger partial charge in [-0.3, -0.25) is 0 Å². The van der Waals surface area contributed by atoms with E-state index < -0.39 is 0 Å². The van der Waals surface area contributed by atoms with Crippen molar-refractivity contribution in [1.82, 2.24) is 0 Å². The third kappa shape index (κ3) is 3.33. The van der Waals surface area contributed by atoms with Gasteiger partial charge >= 0.3 is 0 Å². The second-order valence-electron chi connectivity index (χ2n) is 4.75. The first-order valence-electron chi connectivity index (χ1n) is 6.40. The van der Waals surface area contributed by atoms with Gasteiger partial charge in [0.05, 0.1) is 12.2 Å². The van der Waals surface area contributed by atoms with Crippen molar-refractivity contribution in [2.45, 2.75) is 44.3 Å². The lowest BCUT2D eigenvalue weighted by Gasteiger charge is -2.34. The molecule has 0 amide bonds. The fourth-order valence-electron chi connectivity index (χ4n) is 2.47. The third-order valence-corrected chi connectivity index (χ3v) is 3.43. The lowest BCUT2D eigenvalue weighted by atomic mass is 9.84. The van der Waals surface area contributed by atoms with Crippen molar-refractivity contribution in [3.05, 3.63) is 54.3 Å². The van der Waals surface area contributed by atoms with Gasteiger partial charge in [-0.25, -0.2) is 0 Å². The zero-order chi connectivity index (χ0) is 12.0. The number of hydrogen-bond donors (Lipinski definition) is 0. The molecule has 0 saturated heterocycles. The summed E-state index contributed by atoms with van der Waals surface area (Å²) in [7, 11) is 0. The molecule has 0 aromatic heterocycles. The first-order chi connectivity index (χ1) is 8.35. The highest BCUT2D eigenvalue weighted by Crippen LogP contribution is 2.33. The second-order valence-corrected chi connectivity index (χ2v) is 4.75. The second kappa shape index (κ2) is 5.86. The van der Waals surface area contributed by atoms with Crippen LogP contribution in [0.1, 0.15) is 37.7 Å². The maximum Gasteiger partial charge on any atom is 0.0940 e. The Bertz CT molecular complexity index is 381. The van der Waals surface area contributed by atoms with E-state index in [0.717, 1.165) is 12.8 Å². The molecule has 17 heavy (non-hydrogen) atoms. The van der Waals surface area contributed by atoms with E-state index in [1.54, 1.807) is 0 Å². The molecule has 1 fully saturated rings. The molecule has 1 aromatic rings. The van der Waals surface area contributed by atoms with Crippen LogP contribution in [0.5, 0.6) is 0 Å². The summed E-state index contributed by atoms with van der Waals surface area (Å²) in [4.78, 5) is 0. The summed E-state index contributed by atoms with van der Waals surface area (Å²) < 4.78 is 6.14. The van der Waals surface area contributed by atoms with E-state index in [1.807, 2.05) is 12.1 Å². The Labute approximate surface area is 104 Å². The Kier molecular flexibility index (Phi) is 4.19. The van der Waals surface area contributed by atoms with E-state index in [0.29, 0.717) is 6.61 Å². The van der Waals surface area contributed by atoms with Crippen LogP contribution in [-0.2, 0) is 11.3 Å². The van der Waals surface area contributed by atoms with Crippen LogP contribution >= 0.6 is 0 Å². The molecule has 1 nitrogen and oxygen atoms in total. The van der Waals surface area contributed by atoms with Gasteiger partial charge in [0.25, 0.3) is 0 Å². The van der Waals surface area contributed by atoms with Crippen molar-refractivity contribution < 1.29 is 4.74 Å². The molecular formula is C16H20O. The van der Waals surface area contributed by atoms with Crippen LogP contribution in [0.15, 0.2) is 48.7 Å². The van der Waals surface area contributed by atoms with Gasteiger partial charge in [-0.05, 0) is 24.5 Å². The Morgan fingerprint density at radius 3 is 2.53 bits per heavy atom. The molecule has 0 aliphatic heterocycles. The number of rotatable bonds is 4. The molecule has 0 spiro atoms. The van der Waals surface area contributed by atoms with E-state index in [-0.39, 0.29) is 5.60 Å². The van der Waals surface area contributed by atoms with E-state index in [9.17, 15) is 0 Å². The topological polar surface area (TPSA) is 9.23 Å². The van der Waals surface area contributed by atoms with Crippen LogP contribution in [0.3, 0.4) is 0 Å². The number of benzene rings is 1. The van der Waals surface area contributed by atoms with Crippen LogP contribution < -0.4 is 0 Å². The monoisotopic (exact) mass is 228 g/mol. The highest BCUT2D eigenvalue weighted by atomic mass is 16.5. The van der Waals surface area contributed by atoms with Crippen LogP contribution in [-0.4, -0.2) is 5.60 Å². The number of ether oxygens (including phenoxy) is 1. The quantitative estimate of drug-likeness (QED) is 0.700. The molecule has 2 rings (SSSR count). The molecule has 1 aliphatic carbocycles. The molecule has 0 N–H and O–H groups in total. The molecular weight excluding hydrogens is 208 g/mol. The Morgan fingerprint density at radius 2 is 1.88 bits per heavy atom. The van der Waals surface area contributed by atoms with Crippen LogP contribution in [0.25, 0.3) is 0 Å². The summed E-state index contributed by atoms with van der Waals surface area (Å²) in [6, 6.07) is 10.3. The van der Waals surface area contributed by atoms with Crippen LogP contribution in [0.2, 0.25) is 0 Å². The minimum absolute atomic E-state index is 0.115. The zero-order valence-electron chi connectivity index (χ0n) is 10.3. The minimum Gasteiger partial charge on any atom is -0.366 e. The fourth-order valence-corrected chi connectivity index (χ4v) is 2.47. The van der Waals surface area contributed by atoms with Gasteiger partial charge in [-0.15, -0.1) is 5.73 Å². The Balaban J connectivity index is 2.01. The SMILES string of the molecule is C=C=CC1(OCc2ccccc2)CCCCC1. The van der Waals surface area contributed by atoms with Crippen molar-refractivity contribution in [2.24, 2.45) is 0 Å². The van der Waals surface area contributed by atoms with Crippen molar-refractivity contribution in [3.63, 3.8) is 0 Å². The summed E-state index contributed by atoms with van der Waals surface area (Å²) >= 11 is 0. The molecule has 1 saturated carbocycles. The summed E-state index contributed by atoms with van der Waals surface area (Å²) in [6.45, 7) is 4.37. The normalized spacial score (nSPS) is 18.4. The molecule has 0 unspecified atom stereocenters. The van der Waals surface area contributed by atoms with Gasteiger partial charge in [0.2, 0.25) is 0 Å². The maximum atomic E-state index is 6.14. The molecule has 1 aromatic carbocycles. The van der Waals surface area contributed by atoms with Gasteiger partial charge in [0, 0.05) is 0 Å². The average molecular weight is 228 g/mol. The highest BCUT2D eigenvalue weighted by Gasteiger charge is 2.30. The van der Waals surface area contributed by atoms with Crippen molar-refractivity contribution in [2.75, 3.05) is 0 Å². The van der Waals surface area contributed by atoms with Gasteiger partial charge in [-0.1, -0.05) is 56.2 Å². The van der Waals surface area contributed by atoms with E-state index in [1.165, 1.54) is 24.8 Å². The first-order valence-corrected chi connectivity index (χ1v) is 6.40. The largest absolute Gasteiger partial charge is 0.366 e. The molecule has 0 atom stereocenters. The predicted octanol–water partition coefficient (Wildman–Crippen LogP) is 4.25. The average Bonchev–Trinajstić information content (AvgIpc) is 2.39. The van der Waals surface area contributed by atoms with Crippen molar-refractivity contribution in [3.8, 4) is 0 Å². The van der Waals surface area contributed by atoms with Crippen molar-refractivity contribution >= 4 is 0 Å². The number of hydrogen-bond acceptors (Lipinski definition) is 1. The highest BCUT2D eigenvalue weighted by molar-refractivity contribution is 5.14. The van der Waals surface area contributed by atoms with E-state index >= 15 is 0 Å². The van der Waals surface area contributed by atoms with Gasteiger partial charge in [0.15, 0.2) is 0 Å². The molecule has 90 valence electrons. The predicted molar refractivity (Wildman–Crippen MR) is 70.8 cm³/mol. The smallest absolute Gasteiger partial charge is 0.0940 e. The summed E-state index contributed by atoms with van der Waals surface area (Å²) in [6.07, 6.45) is 8.03. The summed E-state index contributed by atoms with van der Waals surface area (Å²) in [5, 5.41) is 0. The zero-order valence-corrected chi connectivity index (χ0v) is 10.3. The minimum atomic E-state index is -0.115. The molecule has 1 heteroatoms. The van der Waals surface area contributed by atoms with Gasteiger partial charge in [-0.2, -0.15) is 0 Å². The standard InChI is InChI=1S/C16H20O/c1-2-11-16(12-7-4-8-13-16)17-14-15-9-5-3-6-10-15/h3,5-6,9-11H,1,4,7-8,12-14H2. The third-order valence-electron chi connectivity index (χ3n) is 3.43. The maximum absolute atomic E-state index is 6.14. The first kappa shape index (κ1) is 12.2.